The summed E-state index contributed by atoms with van der Waals surface area (Å²) >= 11 is 0. The minimum absolute atomic E-state index is 0.00258. The minimum atomic E-state index is -3.92. The van der Waals surface area contributed by atoms with Crippen LogP contribution in [0.5, 0.6) is 5.75 Å². The van der Waals surface area contributed by atoms with Gasteiger partial charge >= 0.3 is 0 Å². The molecule has 0 fully saturated rings. The second kappa shape index (κ2) is 5.66. The van der Waals surface area contributed by atoms with Gasteiger partial charge in [0.15, 0.2) is 20.4 Å². The summed E-state index contributed by atoms with van der Waals surface area (Å²) in [7, 11) is -3.92. The minimum Gasteiger partial charge on any atom is -0.491 e. The number of ketones is 1. The Morgan fingerprint density at radius 3 is 2.43 bits per heavy atom. The molecular formula is C18H16O4S. The second-order valence-electron chi connectivity index (χ2n) is 5.42. The molecular weight excluding hydrogens is 312 g/mol. The normalized spacial score (nSPS) is 20.4. The number of para-hydroxylation sites is 1. The predicted octanol–water partition coefficient (Wildman–Crippen LogP) is 3.05. The van der Waals surface area contributed by atoms with Gasteiger partial charge in [-0.25, -0.2) is 8.42 Å². The molecule has 0 radical (unpaired) electrons. The topological polar surface area (TPSA) is 60.4 Å². The van der Waals surface area contributed by atoms with Crippen LogP contribution >= 0.6 is 0 Å². The average Bonchev–Trinajstić information content (AvgIpc) is 2.58. The zero-order chi connectivity index (χ0) is 16.5. The molecule has 23 heavy (non-hydrogen) atoms. The maximum Gasteiger partial charge on any atom is 0.195 e. The fourth-order valence-corrected chi connectivity index (χ4v) is 4.68. The van der Waals surface area contributed by atoms with Crippen LogP contribution in [0.4, 0.5) is 0 Å². The Kier molecular flexibility index (Phi) is 3.82. The summed E-state index contributed by atoms with van der Waals surface area (Å²) in [5.41, 5.74) is 0.292. The van der Waals surface area contributed by atoms with Gasteiger partial charge in [0.05, 0.1) is 10.5 Å². The molecule has 3 rings (SSSR count). The Balaban J connectivity index is 2.20. The Hall–Kier alpha value is -2.40. The number of sulfone groups is 1. The van der Waals surface area contributed by atoms with Crippen molar-refractivity contribution in [3.63, 3.8) is 0 Å². The number of benzene rings is 2. The third kappa shape index (κ3) is 2.28. The molecule has 0 saturated carbocycles. The first-order valence-electron chi connectivity index (χ1n) is 7.20. The van der Waals surface area contributed by atoms with Crippen LogP contribution in [-0.2, 0) is 9.84 Å². The zero-order valence-electron chi connectivity index (χ0n) is 12.4. The van der Waals surface area contributed by atoms with E-state index in [4.69, 9.17) is 4.74 Å². The highest BCUT2D eigenvalue weighted by molar-refractivity contribution is 7.93. The molecule has 5 heteroatoms. The summed E-state index contributed by atoms with van der Waals surface area (Å²) < 4.78 is 30.3. The lowest BCUT2D eigenvalue weighted by Crippen LogP contribution is -2.53. The van der Waals surface area contributed by atoms with Crippen LogP contribution in [0.2, 0.25) is 0 Å². The van der Waals surface area contributed by atoms with Crippen LogP contribution in [0.25, 0.3) is 0 Å². The number of rotatable bonds is 4. The van der Waals surface area contributed by atoms with Crippen molar-refractivity contribution in [2.75, 3.05) is 6.61 Å². The van der Waals surface area contributed by atoms with Crippen molar-refractivity contribution >= 4 is 15.6 Å². The van der Waals surface area contributed by atoms with Crippen LogP contribution < -0.4 is 4.74 Å². The van der Waals surface area contributed by atoms with Crippen LogP contribution in [-0.4, -0.2) is 25.6 Å². The van der Waals surface area contributed by atoms with Crippen molar-refractivity contribution < 1.29 is 17.9 Å². The van der Waals surface area contributed by atoms with Gasteiger partial charge in [-0.15, -0.1) is 6.58 Å². The van der Waals surface area contributed by atoms with Crippen molar-refractivity contribution in [2.24, 2.45) is 0 Å². The lowest BCUT2D eigenvalue weighted by molar-refractivity contribution is 0.0862. The highest BCUT2D eigenvalue weighted by atomic mass is 32.2. The summed E-state index contributed by atoms with van der Waals surface area (Å²) in [6.45, 7) is 3.41. The smallest absolute Gasteiger partial charge is 0.195 e. The molecule has 0 aliphatic carbocycles. The van der Waals surface area contributed by atoms with E-state index in [2.05, 4.69) is 6.58 Å². The van der Waals surface area contributed by atoms with E-state index in [1.807, 2.05) is 0 Å². The summed E-state index contributed by atoms with van der Waals surface area (Å²) in [6.07, 6.45) is 1.45. The van der Waals surface area contributed by atoms with Crippen LogP contribution in [0.1, 0.15) is 16.8 Å². The number of ether oxygens (including phenoxy) is 1. The maximum atomic E-state index is 13.2. The fourth-order valence-electron chi connectivity index (χ4n) is 2.80. The van der Waals surface area contributed by atoms with Gasteiger partial charge in [0.2, 0.25) is 0 Å². The number of carbonyl (C=O) groups excluding carboxylic acids is 1. The van der Waals surface area contributed by atoms with Gasteiger partial charge in [-0.05, 0) is 30.7 Å². The molecule has 0 saturated heterocycles. The molecule has 1 aliphatic heterocycles. The van der Waals surface area contributed by atoms with E-state index in [1.54, 1.807) is 42.5 Å². The number of allylic oxidation sites excluding steroid dienone is 1. The quantitative estimate of drug-likeness (QED) is 0.809. The van der Waals surface area contributed by atoms with Crippen molar-refractivity contribution in [3.05, 3.63) is 72.8 Å². The first kappa shape index (κ1) is 15.5. The van der Waals surface area contributed by atoms with E-state index in [0.717, 1.165) is 0 Å². The zero-order valence-corrected chi connectivity index (χ0v) is 13.3. The fraction of sp³-hybridized carbons (Fsp3) is 0.167. The SMILES string of the molecule is C=CC[C@]1(S(=O)(=O)c2ccccc2)COc2ccccc2C1=O. The van der Waals surface area contributed by atoms with E-state index in [9.17, 15) is 13.2 Å². The van der Waals surface area contributed by atoms with Crippen molar-refractivity contribution in [3.8, 4) is 5.75 Å². The van der Waals surface area contributed by atoms with E-state index in [-0.39, 0.29) is 17.9 Å². The molecule has 0 spiro atoms. The number of fused-ring (bicyclic) bond motifs is 1. The molecule has 1 heterocycles. The Labute approximate surface area is 135 Å². The predicted molar refractivity (Wildman–Crippen MR) is 87.4 cm³/mol. The molecule has 0 unspecified atom stereocenters. The van der Waals surface area contributed by atoms with Crippen molar-refractivity contribution in [1.82, 2.24) is 0 Å². The van der Waals surface area contributed by atoms with Crippen LogP contribution in [0, 0.1) is 0 Å². The van der Waals surface area contributed by atoms with Gasteiger partial charge in [-0.2, -0.15) is 0 Å². The molecule has 2 aromatic rings. The molecule has 0 aromatic heterocycles. The molecule has 118 valence electrons. The number of hydrogen-bond acceptors (Lipinski definition) is 4. The first-order valence-corrected chi connectivity index (χ1v) is 8.68. The Morgan fingerprint density at radius 2 is 1.74 bits per heavy atom. The van der Waals surface area contributed by atoms with E-state index >= 15 is 0 Å². The van der Waals surface area contributed by atoms with Crippen molar-refractivity contribution in [2.45, 2.75) is 16.1 Å². The third-order valence-corrected chi connectivity index (χ3v) is 6.44. The van der Waals surface area contributed by atoms with Gasteiger partial charge in [0.1, 0.15) is 12.4 Å². The van der Waals surface area contributed by atoms with Crippen LogP contribution in [0.3, 0.4) is 0 Å². The lowest BCUT2D eigenvalue weighted by Gasteiger charge is -2.35. The summed E-state index contributed by atoms with van der Waals surface area (Å²) in [4.78, 5) is 13.2. The molecule has 1 aliphatic rings. The molecule has 0 bridgehead atoms. The lowest BCUT2D eigenvalue weighted by atomic mass is 9.91. The number of carbonyl (C=O) groups is 1. The number of hydrogen-bond donors (Lipinski definition) is 0. The van der Waals surface area contributed by atoms with Gasteiger partial charge < -0.3 is 4.74 Å². The molecule has 0 amide bonds. The molecule has 2 aromatic carbocycles. The highest BCUT2D eigenvalue weighted by Gasteiger charge is 2.54. The second-order valence-corrected chi connectivity index (χ2v) is 7.68. The van der Waals surface area contributed by atoms with Gasteiger partial charge in [-0.3, -0.25) is 4.79 Å². The molecule has 4 nitrogen and oxygen atoms in total. The molecule has 1 atom stereocenters. The summed E-state index contributed by atoms with van der Waals surface area (Å²) in [5.74, 6) is -0.0245. The van der Waals surface area contributed by atoms with E-state index < -0.39 is 20.4 Å². The monoisotopic (exact) mass is 328 g/mol. The number of Topliss-reactive ketones (excluding diaryl/α,β-unsaturated/α-hetero) is 1. The first-order chi connectivity index (χ1) is 11.0. The Morgan fingerprint density at radius 1 is 1.09 bits per heavy atom. The van der Waals surface area contributed by atoms with Gasteiger partial charge in [-0.1, -0.05) is 36.4 Å². The Bertz CT molecular complexity index is 856. The summed E-state index contributed by atoms with van der Waals surface area (Å²) in [6, 6.07) is 14.7. The average molecular weight is 328 g/mol. The van der Waals surface area contributed by atoms with Gasteiger partial charge in [0, 0.05) is 0 Å². The largest absolute Gasteiger partial charge is 0.491 e. The summed E-state index contributed by atoms with van der Waals surface area (Å²) in [5, 5.41) is 0. The van der Waals surface area contributed by atoms with E-state index in [0.29, 0.717) is 11.3 Å². The maximum absolute atomic E-state index is 13.2. The third-order valence-electron chi connectivity index (χ3n) is 4.05. The van der Waals surface area contributed by atoms with Crippen molar-refractivity contribution in [1.29, 1.82) is 0 Å². The van der Waals surface area contributed by atoms with Crippen LogP contribution in [0.15, 0.2) is 72.1 Å². The van der Waals surface area contributed by atoms with Gasteiger partial charge in [0.25, 0.3) is 0 Å². The standard InChI is InChI=1S/C18H16O4S/c1-2-12-18(23(20,21)14-8-4-3-5-9-14)13-22-16-11-7-6-10-15(16)17(18)19/h2-11H,1,12-13H2/t18-/m0/s1. The highest BCUT2D eigenvalue weighted by Crippen LogP contribution is 2.39. The molecule has 0 N–H and O–H groups in total. The van der Waals surface area contributed by atoms with E-state index in [1.165, 1.54) is 18.2 Å².